The summed E-state index contributed by atoms with van der Waals surface area (Å²) >= 11 is 1.05. The van der Waals surface area contributed by atoms with E-state index in [0.29, 0.717) is 11.3 Å². The van der Waals surface area contributed by atoms with E-state index in [-0.39, 0.29) is 22.9 Å². The molecule has 2 aromatic carbocycles. The fourth-order valence-electron chi connectivity index (χ4n) is 2.54. The van der Waals surface area contributed by atoms with Crippen molar-refractivity contribution in [1.82, 2.24) is 4.98 Å². The van der Waals surface area contributed by atoms with Gasteiger partial charge in [0.1, 0.15) is 5.75 Å². The molecular formula is C19H13F5N2O2S. The van der Waals surface area contributed by atoms with Crippen LogP contribution in [0.5, 0.6) is 5.75 Å². The van der Waals surface area contributed by atoms with Gasteiger partial charge in [-0.1, -0.05) is 30.3 Å². The second kappa shape index (κ2) is 8.56. The molecule has 1 heterocycles. The minimum atomic E-state index is -4.50. The first-order valence-electron chi connectivity index (χ1n) is 8.18. The van der Waals surface area contributed by atoms with Crippen LogP contribution in [0.1, 0.15) is 11.1 Å². The fraction of sp³-hybridized carbons (Fsp3) is 0.158. The van der Waals surface area contributed by atoms with Crippen LogP contribution in [0.15, 0.2) is 53.9 Å². The standard InChI is InChI=1S/C19H13F5N2O2S/c20-17(21)28-15-7-2-1-6-13(15)14-10-29-18(25-14)26-16(27)9-11-4-3-5-12(8-11)19(22,23)24/h1-8,10,17H,9H2,(H,25,26,27). The predicted molar refractivity (Wildman–Crippen MR) is 98.0 cm³/mol. The SMILES string of the molecule is O=C(Cc1cccc(C(F)(F)F)c1)Nc1nc(-c2ccccc2OC(F)F)cs1. The number of carbonyl (C=O) groups is 1. The zero-order valence-electron chi connectivity index (χ0n) is 14.5. The highest BCUT2D eigenvalue weighted by Gasteiger charge is 2.30. The van der Waals surface area contributed by atoms with Crippen LogP contribution in [-0.4, -0.2) is 17.5 Å². The van der Waals surface area contributed by atoms with Crippen LogP contribution in [-0.2, 0) is 17.4 Å². The molecule has 0 aliphatic rings. The fourth-order valence-corrected chi connectivity index (χ4v) is 3.27. The molecular weight excluding hydrogens is 415 g/mol. The minimum absolute atomic E-state index is 0.0605. The van der Waals surface area contributed by atoms with Gasteiger partial charge in [0, 0.05) is 10.9 Å². The van der Waals surface area contributed by atoms with Crippen LogP contribution in [0.2, 0.25) is 0 Å². The van der Waals surface area contributed by atoms with Gasteiger partial charge in [-0.3, -0.25) is 4.79 Å². The number of hydrogen-bond donors (Lipinski definition) is 1. The first-order chi connectivity index (χ1) is 13.7. The van der Waals surface area contributed by atoms with E-state index in [1.165, 1.54) is 24.3 Å². The molecule has 0 fully saturated rings. The Labute approximate surface area is 166 Å². The third-order valence-electron chi connectivity index (χ3n) is 3.75. The number of benzene rings is 2. The first kappa shape index (κ1) is 20.7. The lowest BCUT2D eigenvalue weighted by Crippen LogP contribution is -2.15. The van der Waals surface area contributed by atoms with Crippen LogP contribution in [0, 0.1) is 0 Å². The van der Waals surface area contributed by atoms with Gasteiger partial charge in [0.15, 0.2) is 5.13 Å². The highest BCUT2D eigenvalue weighted by atomic mass is 32.1. The average Bonchev–Trinajstić information content (AvgIpc) is 3.09. The molecule has 1 amide bonds. The largest absolute Gasteiger partial charge is 0.434 e. The van der Waals surface area contributed by atoms with E-state index < -0.39 is 24.3 Å². The molecule has 10 heteroatoms. The quantitative estimate of drug-likeness (QED) is 0.519. The van der Waals surface area contributed by atoms with Gasteiger partial charge < -0.3 is 10.1 Å². The van der Waals surface area contributed by atoms with Crippen molar-refractivity contribution in [2.75, 3.05) is 5.32 Å². The second-order valence-corrected chi connectivity index (χ2v) is 6.69. The molecule has 0 spiro atoms. The van der Waals surface area contributed by atoms with Gasteiger partial charge in [-0.2, -0.15) is 22.0 Å². The van der Waals surface area contributed by atoms with Crippen LogP contribution < -0.4 is 10.1 Å². The van der Waals surface area contributed by atoms with E-state index in [1.54, 1.807) is 17.5 Å². The number of carbonyl (C=O) groups excluding carboxylic acids is 1. The lowest BCUT2D eigenvalue weighted by molar-refractivity contribution is -0.137. The van der Waals surface area contributed by atoms with Crippen molar-refractivity contribution >= 4 is 22.4 Å². The van der Waals surface area contributed by atoms with E-state index in [0.717, 1.165) is 23.5 Å². The Kier molecular flexibility index (Phi) is 6.12. The van der Waals surface area contributed by atoms with Crippen molar-refractivity contribution in [1.29, 1.82) is 0 Å². The van der Waals surface area contributed by atoms with Crippen molar-refractivity contribution in [3.05, 3.63) is 65.0 Å². The van der Waals surface area contributed by atoms with Crippen molar-refractivity contribution in [3.8, 4) is 17.0 Å². The van der Waals surface area contributed by atoms with Gasteiger partial charge in [-0.15, -0.1) is 11.3 Å². The summed E-state index contributed by atoms with van der Waals surface area (Å²) in [6, 6.07) is 10.5. The number of alkyl halides is 5. The third kappa shape index (κ3) is 5.50. The molecule has 0 saturated heterocycles. The Morgan fingerprint density at radius 2 is 1.90 bits per heavy atom. The Morgan fingerprint density at radius 1 is 1.14 bits per heavy atom. The number of para-hydroxylation sites is 1. The molecule has 0 aliphatic heterocycles. The number of amides is 1. The minimum Gasteiger partial charge on any atom is -0.434 e. The van der Waals surface area contributed by atoms with Gasteiger partial charge in [-0.25, -0.2) is 4.98 Å². The smallest absolute Gasteiger partial charge is 0.416 e. The van der Waals surface area contributed by atoms with E-state index in [9.17, 15) is 26.7 Å². The van der Waals surface area contributed by atoms with Gasteiger partial charge in [-0.05, 0) is 23.8 Å². The molecule has 1 aromatic heterocycles. The summed E-state index contributed by atoms with van der Waals surface area (Å²) in [6.07, 6.45) is -4.77. The topological polar surface area (TPSA) is 51.2 Å². The Morgan fingerprint density at radius 3 is 2.62 bits per heavy atom. The maximum atomic E-state index is 12.8. The second-order valence-electron chi connectivity index (χ2n) is 5.84. The van der Waals surface area contributed by atoms with Gasteiger partial charge >= 0.3 is 12.8 Å². The molecule has 0 atom stereocenters. The predicted octanol–water partition coefficient (Wildman–Crippen LogP) is 5.61. The summed E-state index contributed by atoms with van der Waals surface area (Å²) in [5.74, 6) is -0.614. The molecule has 0 bridgehead atoms. The molecule has 4 nitrogen and oxygen atoms in total. The maximum absolute atomic E-state index is 12.8. The van der Waals surface area contributed by atoms with Gasteiger partial charge in [0.25, 0.3) is 0 Å². The lowest BCUT2D eigenvalue weighted by atomic mass is 10.1. The van der Waals surface area contributed by atoms with Crippen LogP contribution in [0.25, 0.3) is 11.3 Å². The van der Waals surface area contributed by atoms with Crippen molar-refractivity contribution in [3.63, 3.8) is 0 Å². The molecule has 0 aliphatic carbocycles. The molecule has 3 rings (SSSR count). The molecule has 152 valence electrons. The molecule has 1 N–H and O–H groups in total. The van der Waals surface area contributed by atoms with E-state index in [4.69, 9.17) is 0 Å². The van der Waals surface area contributed by atoms with Crippen LogP contribution >= 0.6 is 11.3 Å². The molecule has 0 unspecified atom stereocenters. The number of anilines is 1. The molecule has 3 aromatic rings. The van der Waals surface area contributed by atoms with Crippen LogP contribution in [0.4, 0.5) is 27.1 Å². The zero-order valence-corrected chi connectivity index (χ0v) is 15.4. The summed E-state index contributed by atoms with van der Waals surface area (Å²) in [5.41, 5.74) is 0.00259. The molecule has 0 radical (unpaired) electrons. The molecule has 29 heavy (non-hydrogen) atoms. The summed E-state index contributed by atoms with van der Waals surface area (Å²) in [5, 5.41) is 4.23. The lowest BCUT2D eigenvalue weighted by Gasteiger charge is -2.09. The zero-order chi connectivity index (χ0) is 21.0. The number of aromatic nitrogens is 1. The molecule has 0 saturated carbocycles. The summed E-state index contributed by atoms with van der Waals surface area (Å²) in [6.45, 7) is -3.00. The number of nitrogens with zero attached hydrogens (tertiary/aromatic N) is 1. The normalized spacial score (nSPS) is 11.5. The van der Waals surface area contributed by atoms with E-state index in [1.807, 2.05) is 0 Å². The Hall–Kier alpha value is -3.01. The number of nitrogens with one attached hydrogen (secondary N) is 1. The Balaban J connectivity index is 1.70. The summed E-state index contributed by atoms with van der Waals surface area (Å²) in [7, 11) is 0. The monoisotopic (exact) mass is 428 g/mol. The number of rotatable bonds is 6. The Bertz CT molecular complexity index is 1000. The average molecular weight is 428 g/mol. The highest BCUT2D eigenvalue weighted by Crippen LogP contribution is 2.33. The van der Waals surface area contributed by atoms with Crippen molar-refractivity contribution in [2.24, 2.45) is 0 Å². The summed E-state index contributed by atoms with van der Waals surface area (Å²) in [4.78, 5) is 16.3. The van der Waals surface area contributed by atoms with Crippen molar-refractivity contribution in [2.45, 2.75) is 19.2 Å². The van der Waals surface area contributed by atoms with Gasteiger partial charge in [0.05, 0.1) is 17.7 Å². The summed E-state index contributed by atoms with van der Waals surface area (Å²) < 4.78 is 67.8. The third-order valence-corrected chi connectivity index (χ3v) is 4.51. The van der Waals surface area contributed by atoms with Crippen molar-refractivity contribution < 1.29 is 31.5 Å². The van der Waals surface area contributed by atoms with E-state index >= 15 is 0 Å². The van der Waals surface area contributed by atoms with Gasteiger partial charge in [0.2, 0.25) is 5.91 Å². The van der Waals surface area contributed by atoms with Crippen LogP contribution in [0.3, 0.4) is 0 Å². The first-order valence-corrected chi connectivity index (χ1v) is 9.06. The maximum Gasteiger partial charge on any atom is 0.416 e. The number of thiazole rings is 1. The number of halogens is 5. The highest BCUT2D eigenvalue weighted by molar-refractivity contribution is 7.14. The number of hydrogen-bond acceptors (Lipinski definition) is 4. The van der Waals surface area contributed by atoms with E-state index in [2.05, 4.69) is 15.0 Å². The number of ether oxygens (including phenoxy) is 1.